The monoisotopic (exact) mass is 416 g/mol. The molecule has 0 spiro atoms. The fourth-order valence-electron chi connectivity index (χ4n) is 2.66. The van der Waals surface area contributed by atoms with Crippen molar-refractivity contribution in [3.05, 3.63) is 63.2 Å². The third-order valence-electron chi connectivity index (χ3n) is 4.29. The van der Waals surface area contributed by atoms with E-state index in [0.717, 1.165) is 17.2 Å². The maximum Gasteiger partial charge on any atom is 0.345 e. The van der Waals surface area contributed by atoms with Gasteiger partial charge < -0.3 is 19.1 Å². The Morgan fingerprint density at radius 2 is 1.80 bits per heavy atom. The van der Waals surface area contributed by atoms with Crippen molar-refractivity contribution in [3.63, 3.8) is 0 Å². The Morgan fingerprint density at radius 3 is 2.37 bits per heavy atom. The quantitative estimate of drug-likeness (QED) is 0.351. The number of esters is 1. The molecule has 1 amide bonds. The molecule has 0 saturated carbocycles. The lowest BCUT2D eigenvalue weighted by Gasteiger charge is -2.17. The normalized spacial score (nSPS) is 10.3. The summed E-state index contributed by atoms with van der Waals surface area (Å²) >= 11 is 0. The first-order valence-corrected chi connectivity index (χ1v) is 9.22. The van der Waals surface area contributed by atoms with Gasteiger partial charge in [-0.15, -0.1) is 0 Å². The zero-order chi connectivity index (χ0) is 22.3. The minimum Gasteiger partial charge on any atom is -0.493 e. The van der Waals surface area contributed by atoms with E-state index in [1.54, 1.807) is 14.0 Å². The number of nitrogens with zero attached hydrogens (tertiary/aromatic N) is 2. The van der Waals surface area contributed by atoms with Crippen LogP contribution < -0.4 is 9.47 Å². The van der Waals surface area contributed by atoms with E-state index in [0.29, 0.717) is 6.54 Å². The molecule has 0 bridgehead atoms. The van der Waals surface area contributed by atoms with Crippen molar-refractivity contribution in [3.8, 4) is 11.5 Å². The van der Waals surface area contributed by atoms with Gasteiger partial charge in [-0.1, -0.05) is 29.8 Å². The number of methoxy groups -OCH3 is 1. The molecule has 0 fully saturated rings. The number of nitro benzene ring substituents is 1. The Labute approximate surface area is 174 Å². The van der Waals surface area contributed by atoms with E-state index >= 15 is 0 Å². The molecule has 9 heteroatoms. The van der Waals surface area contributed by atoms with Crippen LogP contribution in [0.25, 0.3) is 0 Å². The molecule has 2 rings (SSSR count). The van der Waals surface area contributed by atoms with Crippen LogP contribution in [0.4, 0.5) is 5.69 Å². The van der Waals surface area contributed by atoms with E-state index in [1.165, 1.54) is 18.1 Å². The van der Waals surface area contributed by atoms with Crippen molar-refractivity contribution in [2.45, 2.75) is 20.4 Å². The second kappa shape index (κ2) is 10.2. The van der Waals surface area contributed by atoms with Crippen molar-refractivity contribution in [1.82, 2.24) is 4.90 Å². The summed E-state index contributed by atoms with van der Waals surface area (Å²) in [6.07, 6.45) is 0. The highest BCUT2D eigenvalue weighted by atomic mass is 16.6. The Hall–Kier alpha value is -3.62. The van der Waals surface area contributed by atoms with Crippen LogP contribution in [-0.2, 0) is 16.1 Å². The van der Waals surface area contributed by atoms with Crippen LogP contribution in [0.5, 0.6) is 11.5 Å². The first kappa shape index (κ1) is 22.7. The van der Waals surface area contributed by atoms with E-state index in [1.807, 2.05) is 31.2 Å². The Balaban J connectivity index is 2.10. The molecule has 0 aromatic heterocycles. The number of rotatable bonds is 9. The first-order valence-electron chi connectivity index (χ1n) is 9.22. The van der Waals surface area contributed by atoms with Crippen molar-refractivity contribution in [2.24, 2.45) is 0 Å². The molecule has 0 radical (unpaired) electrons. The first-order chi connectivity index (χ1) is 14.3. The molecule has 0 N–H and O–H groups in total. The Kier molecular flexibility index (Phi) is 7.74. The van der Waals surface area contributed by atoms with Crippen LogP contribution in [0.1, 0.15) is 28.4 Å². The Bertz CT molecular complexity index is 926. The van der Waals surface area contributed by atoms with Crippen molar-refractivity contribution >= 4 is 17.6 Å². The molecule has 0 heterocycles. The van der Waals surface area contributed by atoms with E-state index < -0.39 is 29.1 Å². The molecule has 0 aliphatic carbocycles. The number of ether oxygens (including phenoxy) is 3. The zero-order valence-electron chi connectivity index (χ0n) is 17.3. The van der Waals surface area contributed by atoms with Gasteiger partial charge in [0, 0.05) is 19.7 Å². The second-order valence-electron chi connectivity index (χ2n) is 6.52. The highest BCUT2D eigenvalue weighted by Gasteiger charge is 2.26. The van der Waals surface area contributed by atoms with Crippen LogP contribution in [0.2, 0.25) is 0 Å². The van der Waals surface area contributed by atoms with Crippen molar-refractivity contribution in [1.29, 1.82) is 0 Å². The van der Waals surface area contributed by atoms with Gasteiger partial charge in [0.15, 0.2) is 18.1 Å². The minimum absolute atomic E-state index is 0.119. The molecule has 160 valence electrons. The minimum atomic E-state index is -0.998. The van der Waals surface area contributed by atoms with Crippen LogP contribution in [0.3, 0.4) is 0 Å². The molecular formula is C21H24N2O7. The van der Waals surface area contributed by atoms with Gasteiger partial charge in [0.25, 0.3) is 11.6 Å². The molecule has 0 aliphatic rings. The highest BCUT2D eigenvalue weighted by molar-refractivity contribution is 5.96. The average Bonchev–Trinajstić information content (AvgIpc) is 2.73. The van der Waals surface area contributed by atoms with Crippen LogP contribution in [0, 0.1) is 17.0 Å². The van der Waals surface area contributed by atoms with E-state index in [4.69, 9.17) is 14.2 Å². The number of likely N-dealkylation sites (N-methyl/N-ethyl adjacent to an activating group) is 1. The zero-order valence-corrected chi connectivity index (χ0v) is 17.3. The van der Waals surface area contributed by atoms with E-state index in [9.17, 15) is 19.7 Å². The smallest absolute Gasteiger partial charge is 0.345 e. The third-order valence-corrected chi connectivity index (χ3v) is 4.29. The van der Waals surface area contributed by atoms with Crippen molar-refractivity contribution in [2.75, 3.05) is 27.4 Å². The number of hydrogen-bond donors (Lipinski definition) is 0. The summed E-state index contributed by atoms with van der Waals surface area (Å²) in [5, 5.41) is 11.4. The lowest BCUT2D eigenvalue weighted by Crippen LogP contribution is -2.30. The molecule has 0 aliphatic heterocycles. The summed E-state index contributed by atoms with van der Waals surface area (Å²) in [5.74, 6) is -1.15. The lowest BCUT2D eigenvalue weighted by molar-refractivity contribution is -0.385. The second-order valence-corrected chi connectivity index (χ2v) is 6.52. The summed E-state index contributed by atoms with van der Waals surface area (Å²) in [5.41, 5.74) is 1.21. The van der Waals surface area contributed by atoms with Gasteiger partial charge in [0.2, 0.25) is 0 Å². The summed E-state index contributed by atoms with van der Waals surface area (Å²) in [4.78, 5) is 36.8. The van der Waals surface area contributed by atoms with Crippen LogP contribution in [0.15, 0.2) is 36.4 Å². The molecule has 2 aromatic carbocycles. The fraction of sp³-hybridized carbons (Fsp3) is 0.333. The highest BCUT2D eigenvalue weighted by Crippen LogP contribution is 2.35. The van der Waals surface area contributed by atoms with Gasteiger partial charge in [0.05, 0.1) is 24.7 Å². The maximum atomic E-state index is 12.5. The predicted octanol–water partition coefficient (Wildman–Crippen LogP) is 3.13. The van der Waals surface area contributed by atoms with Gasteiger partial charge in [-0.2, -0.15) is 0 Å². The lowest BCUT2D eigenvalue weighted by atomic mass is 10.1. The molecule has 0 saturated heterocycles. The standard InChI is InChI=1S/C21H24N2O7/c1-5-29-19-10-16(17(23(26)27)11-18(19)28-4)21(25)30-13-20(24)22(3)12-15-8-6-14(2)7-9-15/h6-11H,5,12-13H2,1-4H3. The summed E-state index contributed by atoms with van der Waals surface area (Å²) in [6, 6.07) is 9.96. The number of benzene rings is 2. The maximum absolute atomic E-state index is 12.5. The van der Waals surface area contributed by atoms with Gasteiger partial charge >= 0.3 is 5.97 Å². The number of carbonyl (C=O) groups is 2. The summed E-state index contributed by atoms with van der Waals surface area (Å²) < 4.78 is 15.5. The van der Waals surface area contributed by atoms with Crippen LogP contribution >= 0.6 is 0 Å². The topological polar surface area (TPSA) is 108 Å². The average molecular weight is 416 g/mol. The number of hydrogen-bond acceptors (Lipinski definition) is 7. The largest absolute Gasteiger partial charge is 0.493 e. The van der Waals surface area contributed by atoms with Gasteiger partial charge in [-0.3, -0.25) is 14.9 Å². The fourth-order valence-corrected chi connectivity index (χ4v) is 2.66. The molecule has 0 unspecified atom stereocenters. The number of nitro groups is 1. The molecule has 9 nitrogen and oxygen atoms in total. The molecule has 30 heavy (non-hydrogen) atoms. The summed E-state index contributed by atoms with van der Waals surface area (Å²) in [6.45, 7) is 3.75. The van der Waals surface area contributed by atoms with Crippen molar-refractivity contribution < 1.29 is 28.7 Å². The molecule has 0 atom stereocenters. The number of carbonyl (C=O) groups excluding carboxylic acids is 2. The third kappa shape index (κ3) is 5.69. The Morgan fingerprint density at radius 1 is 1.13 bits per heavy atom. The van der Waals surface area contributed by atoms with E-state index in [2.05, 4.69) is 0 Å². The number of aryl methyl sites for hydroxylation is 1. The molecule has 2 aromatic rings. The van der Waals surface area contributed by atoms with Crippen LogP contribution in [-0.4, -0.2) is 49.1 Å². The molecular weight excluding hydrogens is 392 g/mol. The van der Waals surface area contributed by atoms with Gasteiger partial charge in [-0.25, -0.2) is 4.79 Å². The SMILES string of the molecule is CCOc1cc(C(=O)OCC(=O)N(C)Cc2ccc(C)cc2)c([N+](=O)[O-])cc1OC. The van der Waals surface area contributed by atoms with Gasteiger partial charge in [-0.05, 0) is 19.4 Å². The summed E-state index contributed by atoms with van der Waals surface area (Å²) in [7, 11) is 2.92. The van der Waals surface area contributed by atoms with E-state index in [-0.39, 0.29) is 23.7 Å². The number of amides is 1. The van der Waals surface area contributed by atoms with Gasteiger partial charge in [0.1, 0.15) is 5.56 Å². The predicted molar refractivity (Wildman–Crippen MR) is 109 cm³/mol.